The summed E-state index contributed by atoms with van der Waals surface area (Å²) in [5, 5.41) is 19.9. The molecular formula is C22H19N3O4. The van der Waals surface area contributed by atoms with Gasteiger partial charge < -0.3 is 14.8 Å². The highest BCUT2D eigenvalue weighted by molar-refractivity contribution is 6.11. The number of aryl methyl sites for hydroxylation is 3. The zero-order valence-corrected chi connectivity index (χ0v) is 16.2. The van der Waals surface area contributed by atoms with Gasteiger partial charge in [-0.05, 0) is 61.7 Å². The van der Waals surface area contributed by atoms with E-state index in [1.165, 1.54) is 23.8 Å². The lowest BCUT2D eigenvalue weighted by atomic mass is 9.99. The third-order valence-corrected chi connectivity index (χ3v) is 4.92. The number of amides is 1. The van der Waals surface area contributed by atoms with E-state index in [4.69, 9.17) is 4.42 Å². The van der Waals surface area contributed by atoms with Gasteiger partial charge in [0.1, 0.15) is 11.3 Å². The van der Waals surface area contributed by atoms with Crippen LogP contribution in [0.15, 0.2) is 51.7 Å². The van der Waals surface area contributed by atoms with E-state index in [1.807, 2.05) is 13.8 Å². The molecule has 3 N–H and O–H groups in total. The molecule has 0 radical (unpaired) electrons. The topological polar surface area (TPSA) is 108 Å². The van der Waals surface area contributed by atoms with Gasteiger partial charge in [0.15, 0.2) is 5.82 Å². The summed E-state index contributed by atoms with van der Waals surface area (Å²) in [6.07, 6.45) is 0. The molecule has 146 valence electrons. The van der Waals surface area contributed by atoms with Crippen LogP contribution in [0.3, 0.4) is 0 Å². The molecule has 0 aliphatic carbocycles. The van der Waals surface area contributed by atoms with Gasteiger partial charge in [-0.25, -0.2) is 4.79 Å². The summed E-state index contributed by atoms with van der Waals surface area (Å²) in [5.74, 6) is -0.236. The highest BCUT2D eigenvalue weighted by atomic mass is 16.4. The minimum atomic E-state index is -0.651. The standard InChI is InChI=1S/C22H19N3O4/c1-11-6-13(3)15(7-12(11)2)18-10-20(25-24-18)23-22(28)17-9-21(27)29-19-5-4-14(26)8-16(17)19/h4-10,26H,1-3H3,(H2,23,24,25,28). The first-order chi connectivity index (χ1) is 13.8. The van der Waals surface area contributed by atoms with E-state index in [-0.39, 0.29) is 16.9 Å². The molecule has 2 aromatic heterocycles. The second kappa shape index (κ2) is 6.94. The highest BCUT2D eigenvalue weighted by Gasteiger charge is 2.16. The number of anilines is 1. The maximum absolute atomic E-state index is 12.8. The van der Waals surface area contributed by atoms with Crippen LogP contribution in [0.1, 0.15) is 27.0 Å². The molecule has 29 heavy (non-hydrogen) atoms. The number of hydrogen-bond acceptors (Lipinski definition) is 5. The molecule has 2 aromatic carbocycles. The third-order valence-electron chi connectivity index (χ3n) is 4.92. The Hall–Kier alpha value is -3.87. The van der Waals surface area contributed by atoms with E-state index < -0.39 is 11.5 Å². The normalized spacial score (nSPS) is 11.0. The van der Waals surface area contributed by atoms with Gasteiger partial charge in [-0.15, -0.1) is 0 Å². The Kier molecular flexibility index (Phi) is 4.43. The van der Waals surface area contributed by atoms with Crippen LogP contribution in [0.4, 0.5) is 5.82 Å². The monoisotopic (exact) mass is 389 g/mol. The fraction of sp³-hybridized carbons (Fsp3) is 0.136. The molecule has 0 unspecified atom stereocenters. The van der Waals surface area contributed by atoms with Crippen molar-refractivity contribution in [3.63, 3.8) is 0 Å². The van der Waals surface area contributed by atoms with Crippen LogP contribution in [0, 0.1) is 20.8 Å². The molecule has 2 heterocycles. The number of aromatic amines is 1. The van der Waals surface area contributed by atoms with Crippen LogP contribution in [0.5, 0.6) is 5.75 Å². The number of phenols is 1. The van der Waals surface area contributed by atoms with E-state index in [0.717, 1.165) is 28.5 Å². The number of aromatic nitrogens is 2. The fourth-order valence-corrected chi connectivity index (χ4v) is 3.30. The minimum Gasteiger partial charge on any atom is -0.508 e. The van der Waals surface area contributed by atoms with Crippen molar-refractivity contribution in [1.29, 1.82) is 0 Å². The molecule has 0 saturated heterocycles. The Labute approximate surface area is 166 Å². The zero-order valence-electron chi connectivity index (χ0n) is 16.2. The number of nitrogens with zero attached hydrogens (tertiary/aromatic N) is 1. The zero-order chi connectivity index (χ0) is 20.7. The van der Waals surface area contributed by atoms with E-state index in [2.05, 4.69) is 34.6 Å². The van der Waals surface area contributed by atoms with Crippen molar-refractivity contribution in [3.05, 3.63) is 75.1 Å². The van der Waals surface area contributed by atoms with Gasteiger partial charge in [-0.3, -0.25) is 9.89 Å². The Morgan fingerprint density at radius 1 is 1.03 bits per heavy atom. The van der Waals surface area contributed by atoms with Gasteiger partial charge in [-0.2, -0.15) is 5.10 Å². The van der Waals surface area contributed by atoms with Gasteiger partial charge in [0.05, 0.1) is 11.3 Å². The van der Waals surface area contributed by atoms with Crippen molar-refractivity contribution in [2.45, 2.75) is 20.8 Å². The Bertz CT molecular complexity index is 1320. The number of hydrogen-bond donors (Lipinski definition) is 3. The van der Waals surface area contributed by atoms with Crippen molar-refractivity contribution >= 4 is 22.7 Å². The summed E-state index contributed by atoms with van der Waals surface area (Å²) in [6.45, 7) is 6.12. The third kappa shape index (κ3) is 3.50. The molecule has 0 aliphatic heterocycles. The van der Waals surface area contributed by atoms with Crippen molar-refractivity contribution in [3.8, 4) is 17.0 Å². The first-order valence-electron chi connectivity index (χ1n) is 9.03. The van der Waals surface area contributed by atoms with Crippen LogP contribution in [0.2, 0.25) is 0 Å². The maximum atomic E-state index is 12.8. The van der Waals surface area contributed by atoms with E-state index >= 15 is 0 Å². The summed E-state index contributed by atoms with van der Waals surface area (Å²) in [6, 6.07) is 11.2. The lowest BCUT2D eigenvalue weighted by Gasteiger charge is -2.07. The SMILES string of the molecule is Cc1cc(C)c(-c2cc(NC(=O)c3cc(=O)oc4ccc(O)cc34)n[nH]2)cc1C. The average Bonchev–Trinajstić information content (AvgIpc) is 3.12. The van der Waals surface area contributed by atoms with Crippen molar-refractivity contribution in [2.75, 3.05) is 5.32 Å². The molecule has 4 aromatic rings. The Morgan fingerprint density at radius 2 is 1.79 bits per heavy atom. The first kappa shape index (κ1) is 18.5. The fourth-order valence-electron chi connectivity index (χ4n) is 3.30. The highest BCUT2D eigenvalue weighted by Crippen LogP contribution is 2.27. The Balaban J connectivity index is 1.67. The minimum absolute atomic E-state index is 0.0346. The van der Waals surface area contributed by atoms with Crippen LogP contribution < -0.4 is 10.9 Å². The van der Waals surface area contributed by atoms with E-state index in [0.29, 0.717) is 11.2 Å². The summed E-state index contributed by atoms with van der Waals surface area (Å²) >= 11 is 0. The number of phenolic OH excluding ortho intramolecular Hbond substituents is 1. The lowest BCUT2D eigenvalue weighted by Crippen LogP contribution is -2.15. The van der Waals surface area contributed by atoms with Crippen molar-refractivity contribution in [2.24, 2.45) is 0 Å². The van der Waals surface area contributed by atoms with Gasteiger partial charge in [-0.1, -0.05) is 6.07 Å². The van der Waals surface area contributed by atoms with Crippen LogP contribution in [0.25, 0.3) is 22.2 Å². The number of rotatable bonds is 3. The summed E-state index contributed by atoms with van der Waals surface area (Å²) in [7, 11) is 0. The molecule has 0 bridgehead atoms. The molecule has 4 rings (SSSR count). The molecule has 1 amide bonds. The van der Waals surface area contributed by atoms with Crippen LogP contribution in [-0.4, -0.2) is 21.2 Å². The molecule has 0 atom stereocenters. The van der Waals surface area contributed by atoms with Gasteiger partial charge in [0, 0.05) is 23.1 Å². The second-order valence-electron chi connectivity index (χ2n) is 7.03. The second-order valence-corrected chi connectivity index (χ2v) is 7.03. The summed E-state index contributed by atoms with van der Waals surface area (Å²) < 4.78 is 5.09. The van der Waals surface area contributed by atoms with Gasteiger partial charge in [0.25, 0.3) is 5.91 Å². The lowest BCUT2D eigenvalue weighted by molar-refractivity contribution is 0.102. The Morgan fingerprint density at radius 3 is 2.59 bits per heavy atom. The van der Waals surface area contributed by atoms with Crippen LogP contribution in [-0.2, 0) is 0 Å². The summed E-state index contributed by atoms with van der Waals surface area (Å²) in [5.41, 5.74) is 4.89. The van der Waals surface area contributed by atoms with Crippen molar-refractivity contribution < 1.29 is 14.3 Å². The van der Waals surface area contributed by atoms with E-state index in [9.17, 15) is 14.7 Å². The van der Waals surface area contributed by atoms with Crippen LogP contribution >= 0.6 is 0 Å². The molecule has 7 nitrogen and oxygen atoms in total. The number of carbonyl (C=O) groups excluding carboxylic acids is 1. The maximum Gasteiger partial charge on any atom is 0.337 e. The molecule has 0 fully saturated rings. The average molecular weight is 389 g/mol. The molecule has 7 heteroatoms. The predicted molar refractivity (Wildman–Crippen MR) is 110 cm³/mol. The number of fused-ring (bicyclic) bond motifs is 1. The van der Waals surface area contributed by atoms with Gasteiger partial charge >= 0.3 is 5.63 Å². The smallest absolute Gasteiger partial charge is 0.337 e. The predicted octanol–water partition coefficient (Wildman–Crippen LogP) is 4.07. The number of carbonyl (C=O) groups is 1. The quantitative estimate of drug-likeness (QED) is 0.458. The molecule has 0 spiro atoms. The number of nitrogens with one attached hydrogen (secondary N) is 2. The summed E-state index contributed by atoms with van der Waals surface area (Å²) in [4.78, 5) is 24.6. The largest absolute Gasteiger partial charge is 0.508 e. The molecular weight excluding hydrogens is 370 g/mol. The van der Waals surface area contributed by atoms with Gasteiger partial charge in [0.2, 0.25) is 0 Å². The van der Waals surface area contributed by atoms with E-state index in [1.54, 1.807) is 6.07 Å². The van der Waals surface area contributed by atoms with Crippen molar-refractivity contribution in [1.82, 2.24) is 10.2 Å². The first-order valence-corrected chi connectivity index (χ1v) is 9.03. The number of benzene rings is 2. The molecule has 0 aliphatic rings. The molecule has 0 saturated carbocycles. The number of aromatic hydroxyl groups is 1. The number of H-pyrrole nitrogens is 1.